The summed E-state index contributed by atoms with van der Waals surface area (Å²) >= 11 is 0. The van der Waals surface area contributed by atoms with E-state index in [4.69, 9.17) is 14.7 Å². The third-order valence-corrected chi connectivity index (χ3v) is 2.73. The maximum absolute atomic E-state index is 5.46. The number of hydrogen-bond acceptors (Lipinski definition) is 7. The number of aromatic nitrogens is 5. The Morgan fingerprint density at radius 2 is 2.30 bits per heavy atom. The molecule has 3 aromatic rings. The fraction of sp³-hybridized carbons (Fsp3) is 0.333. The second-order valence-electron chi connectivity index (χ2n) is 4.29. The maximum atomic E-state index is 5.46. The zero-order valence-electron chi connectivity index (χ0n) is 10.8. The van der Waals surface area contributed by atoms with Crippen LogP contribution in [0.4, 0.5) is 0 Å². The van der Waals surface area contributed by atoms with Crippen LogP contribution in [0.3, 0.4) is 0 Å². The van der Waals surface area contributed by atoms with E-state index < -0.39 is 0 Å². The Kier molecular flexibility index (Phi) is 3.55. The SMILES string of the molecule is NCCCc1cn(Cc2nc(-c3ccco3)no2)nn1. The van der Waals surface area contributed by atoms with Crippen LogP contribution in [0.5, 0.6) is 0 Å². The first-order valence-corrected chi connectivity index (χ1v) is 6.30. The van der Waals surface area contributed by atoms with Crippen LogP contribution < -0.4 is 5.73 Å². The minimum Gasteiger partial charge on any atom is -0.461 e. The van der Waals surface area contributed by atoms with Crippen LogP contribution in [-0.4, -0.2) is 31.7 Å². The molecule has 0 aliphatic heterocycles. The van der Waals surface area contributed by atoms with Crippen molar-refractivity contribution in [1.29, 1.82) is 0 Å². The lowest BCUT2D eigenvalue weighted by molar-refractivity contribution is 0.363. The van der Waals surface area contributed by atoms with Crippen molar-refractivity contribution in [3.63, 3.8) is 0 Å². The van der Waals surface area contributed by atoms with E-state index in [9.17, 15) is 0 Å². The molecule has 20 heavy (non-hydrogen) atoms. The van der Waals surface area contributed by atoms with Gasteiger partial charge >= 0.3 is 0 Å². The number of rotatable bonds is 6. The molecule has 3 heterocycles. The molecule has 0 fully saturated rings. The summed E-state index contributed by atoms with van der Waals surface area (Å²) in [4.78, 5) is 4.24. The molecule has 8 heteroatoms. The Morgan fingerprint density at radius 1 is 1.35 bits per heavy atom. The van der Waals surface area contributed by atoms with Crippen molar-refractivity contribution in [2.24, 2.45) is 5.73 Å². The van der Waals surface area contributed by atoms with Crippen molar-refractivity contribution in [2.45, 2.75) is 19.4 Å². The molecule has 3 aromatic heterocycles. The molecule has 8 nitrogen and oxygen atoms in total. The van der Waals surface area contributed by atoms with Crippen molar-refractivity contribution in [3.05, 3.63) is 36.2 Å². The molecule has 0 aromatic carbocycles. The lowest BCUT2D eigenvalue weighted by Crippen LogP contribution is -2.01. The van der Waals surface area contributed by atoms with E-state index in [1.807, 2.05) is 6.20 Å². The second kappa shape index (κ2) is 5.66. The Hall–Kier alpha value is -2.48. The third-order valence-electron chi connectivity index (χ3n) is 2.73. The summed E-state index contributed by atoms with van der Waals surface area (Å²) in [6.07, 6.45) is 5.12. The Morgan fingerprint density at radius 3 is 3.10 bits per heavy atom. The molecule has 104 valence electrons. The molecule has 0 saturated carbocycles. The van der Waals surface area contributed by atoms with Crippen molar-refractivity contribution in [2.75, 3.05) is 6.54 Å². The highest BCUT2D eigenvalue weighted by atomic mass is 16.5. The molecule has 0 amide bonds. The van der Waals surface area contributed by atoms with Gasteiger partial charge in [0.2, 0.25) is 11.7 Å². The largest absolute Gasteiger partial charge is 0.461 e. The topological polar surface area (TPSA) is 109 Å². The molecular formula is C12H14N6O2. The van der Waals surface area contributed by atoms with Crippen LogP contribution in [0.2, 0.25) is 0 Å². The van der Waals surface area contributed by atoms with Gasteiger partial charge in [-0.2, -0.15) is 4.98 Å². The van der Waals surface area contributed by atoms with Crippen LogP contribution in [0.25, 0.3) is 11.6 Å². The summed E-state index contributed by atoms with van der Waals surface area (Å²) in [5.74, 6) is 1.45. The molecule has 0 radical (unpaired) electrons. The predicted octanol–water partition coefficient (Wildman–Crippen LogP) is 0.861. The Bertz CT molecular complexity index is 657. The van der Waals surface area contributed by atoms with Crippen molar-refractivity contribution >= 4 is 0 Å². The Labute approximate surface area is 114 Å². The van der Waals surface area contributed by atoms with Gasteiger partial charge in [-0.25, -0.2) is 4.68 Å². The van der Waals surface area contributed by atoms with Gasteiger partial charge in [0.15, 0.2) is 5.76 Å². The summed E-state index contributed by atoms with van der Waals surface area (Å²) in [5, 5.41) is 11.9. The van der Waals surface area contributed by atoms with E-state index in [1.165, 1.54) is 0 Å². The average Bonchev–Trinajstić information content (AvgIpc) is 3.18. The fourth-order valence-corrected chi connectivity index (χ4v) is 1.78. The van der Waals surface area contributed by atoms with Crippen LogP contribution in [-0.2, 0) is 13.0 Å². The maximum Gasteiger partial charge on any atom is 0.248 e. The quantitative estimate of drug-likeness (QED) is 0.710. The van der Waals surface area contributed by atoms with Gasteiger partial charge in [-0.3, -0.25) is 0 Å². The van der Waals surface area contributed by atoms with Gasteiger partial charge in [0.1, 0.15) is 6.54 Å². The highest BCUT2D eigenvalue weighted by Crippen LogP contribution is 2.15. The van der Waals surface area contributed by atoms with E-state index >= 15 is 0 Å². The number of furan rings is 1. The van der Waals surface area contributed by atoms with Gasteiger partial charge in [-0.15, -0.1) is 5.10 Å². The predicted molar refractivity (Wildman–Crippen MR) is 68.5 cm³/mol. The molecule has 0 bridgehead atoms. The highest BCUT2D eigenvalue weighted by molar-refractivity contribution is 5.44. The summed E-state index contributed by atoms with van der Waals surface area (Å²) in [7, 11) is 0. The normalized spacial score (nSPS) is 11.1. The first-order chi connectivity index (χ1) is 9.85. The van der Waals surface area contributed by atoms with Crippen LogP contribution in [0.15, 0.2) is 33.5 Å². The number of nitrogens with two attached hydrogens (primary N) is 1. The zero-order valence-corrected chi connectivity index (χ0v) is 10.8. The first-order valence-electron chi connectivity index (χ1n) is 6.30. The minimum absolute atomic E-state index is 0.378. The van der Waals surface area contributed by atoms with E-state index in [-0.39, 0.29) is 0 Å². The van der Waals surface area contributed by atoms with Gasteiger partial charge in [0.05, 0.1) is 12.0 Å². The zero-order chi connectivity index (χ0) is 13.8. The molecule has 0 saturated heterocycles. The van der Waals surface area contributed by atoms with E-state index in [2.05, 4.69) is 20.5 Å². The molecule has 0 atom stereocenters. The monoisotopic (exact) mass is 274 g/mol. The van der Waals surface area contributed by atoms with E-state index in [0.717, 1.165) is 18.5 Å². The smallest absolute Gasteiger partial charge is 0.248 e. The standard InChI is InChI=1S/C12H14N6O2/c13-5-1-3-9-7-18(17-15-9)8-11-14-12(16-20-11)10-4-2-6-19-10/h2,4,6-7H,1,3,5,8,13H2. The van der Waals surface area contributed by atoms with Gasteiger partial charge in [-0.05, 0) is 31.5 Å². The molecule has 0 aliphatic carbocycles. The number of aryl methyl sites for hydroxylation is 1. The minimum atomic E-state index is 0.378. The lowest BCUT2D eigenvalue weighted by Gasteiger charge is -1.93. The molecule has 2 N–H and O–H groups in total. The van der Waals surface area contributed by atoms with E-state index in [1.54, 1.807) is 23.1 Å². The third kappa shape index (κ3) is 2.75. The lowest BCUT2D eigenvalue weighted by atomic mass is 10.2. The van der Waals surface area contributed by atoms with Crippen molar-refractivity contribution < 1.29 is 8.94 Å². The Balaban J connectivity index is 1.67. The molecule has 0 unspecified atom stereocenters. The average molecular weight is 274 g/mol. The van der Waals surface area contributed by atoms with Crippen molar-refractivity contribution in [1.82, 2.24) is 25.1 Å². The van der Waals surface area contributed by atoms with Gasteiger partial charge in [0, 0.05) is 6.20 Å². The molecular weight excluding hydrogens is 260 g/mol. The summed E-state index contributed by atoms with van der Waals surface area (Å²) < 4.78 is 12.0. The molecule has 3 rings (SSSR count). The summed E-state index contributed by atoms with van der Waals surface area (Å²) in [5.41, 5.74) is 6.36. The number of hydrogen-bond donors (Lipinski definition) is 1. The summed E-state index contributed by atoms with van der Waals surface area (Å²) in [6, 6.07) is 3.54. The van der Waals surface area contributed by atoms with Gasteiger partial charge < -0.3 is 14.7 Å². The van der Waals surface area contributed by atoms with Crippen molar-refractivity contribution in [3.8, 4) is 11.6 Å². The van der Waals surface area contributed by atoms with Gasteiger partial charge in [0.25, 0.3) is 0 Å². The molecule has 0 spiro atoms. The van der Waals surface area contributed by atoms with Crippen LogP contribution in [0, 0.1) is 0 Å². The van der Waals surface area contributed by atoms with Gasteiger partial charge in [-0.1, -0.05) is 10.4 Å². The van der Waals surface area contributed by atoms with E-state index in [0.29, 0.717) is 30.6 Å². The second-order valence-corrected chi connectivity index (χ2v) is 4.29. The highest BCUT2D eigenvalue weighted by Gasteiger charge is 2.11. The fourth-order valence-electron chi connectivity index (χ4n) is 1.78. The molecule has 0 aliphatic rings. The first kappa shape index (κ1) is 12.5. The summed E-state index contributed by atoms with van der Waals surface area (Å²) in [6.45, 7) is 1.02. The van der Waals surface area contributed by atoms with Crippen LogP contribution in [0.1, 0.15) is 18.0 Å². The number of nitrogens with zero attached hydrogens (tertiary/aromatic N) is 5. The van der Waals surface area contributed by atoms with Crippen LogP contribution >= 0.6 is 0 Å².